The molecule has 0 aliphatic carbocycles. The van der Waals surface area contributed by atoms with Crippen LogP contribution in [0.5, 0.6) is 0 Å². The van der Waals surface area contributed by atoms with Gasteiger partial charge in [-0.2, -0.15) is 0 Å². The van der Waals surface area contributed by atoms with Crippen LogP contribution in [0, 0.1) is 5.41 Å². The van der Waals surface area contributed by atoms with Gasteiger partial charge in [-0.25, -0.2) is 0 Å². The van der Waals surface area contributed by atoms with Crippen molar-refractivity contribution in [3.05, 3.63) is 34.3 Å². The molecule has 1 unspecified atom stereocenters. The van der Waals surface area contributed by atoms with Crippen molar-refractivity contribution in [2.45, 2.75) is 26.3 Å². The van der Waals surface area contributed by atoms with E-state index < -0.39 is 5.54 Å². The van der Waals surface area contributed by atoms with Crippen molar-refractivity contribution in [1.82, 2.24) is 10.2 Å². The van der Waals surface area contributed by atoms with Crippen molar-refractivity contribution in [3.8, 4) is 0 Å². The van der Waals surface area contributed by atoms with Crippen molar-refractivity contribution in [2.75, 3.05) is 27.2 Å². The largest absolute Gasteiger partial charge is 0.354 e. The number of hydrogen-bond donors (Lipinski definition) is 2. The zero-order valence-corrected chi connectivity index (χ0v) is 17.6. The van der Waals surface area contributed by atoms with E-state index in [2.05, 4.69) is 40.0 Å². The van der Waals surface area contributed by atoms with Gasteiger partial charge >= 0.3 is 0 Å². The summed E-state index contributed by atoms with van der Waals surface area (Å²) in [5.41, 5.74) is 5.99. The van der Waals surface area contributed by atoms with Crippen LogP contribution < -0.4 is 11.1 Å². The van der Waals surface area contributed by atoms with Crippen LogP contribution in [0.2, 0.25) is 0 Å². The van der Waals surface area contributed by atoms with Crippen LogP contribution in [0.1, 0.15) is 26.3 Å². The molecule has 23 heavy (non-hydrogen) atoms. The molecule has 0 aromatic heterocycles. The maximum Gasteiger partial charge on any atom is 0.244 e. The fourth-order valence-electron chi connectivity index (χ4n) is 2.34. The highest BCUT2D eigenvalue weighted by molar-refractivity contribution is 9.10. The highest BCUT2D eigenvalue weighted by atomic mass is 79.9. The number of nitrogens with two attached hydrogens (primary N) is 1. The molecule has 0 radical (unpaired) electrons. The van der Waals surface area contributed by atoms with Crippen molar-refractivity contribution < 1.29 is 4.79 Å². The van der Waals surface area contributed by atoms with Gasteiger partial charge in [-0.15, -0.1) is 24.8 Å². The van der Waals surface area contributed by atoms with E-state index in [4.69, 9.17) is 5.73 Å². The van der Waals surface area contributed by atoms with Gasteiger partial charge in [-0.05, 0) is 44.1 Å². The number of benzene rings is 1. The molecular formula is C16H28BrCl2N3O. The number of halogens is 3. The number of rotatable bonds is 6. The lowest BCUT2D eigenvalue weighted by molar-refractivity contribution is -0.126. The number of nitrogens with one attached hydrogen (secondary N) is 1. The third kappa shape index (κ3) is 7.86. The van der Waals surface area contributed by atoms with Crippen molar-refractivity contribution in [3.63, 3.8) is 0 Å². The Morgan fingerprint density at radius 3 is 2.09 bits per heavy atom. The minimum atomic E-state index is -1.03. The maximum atomic E-state index is 12.4. The first-order chi connectivity index (χ1) is 9.54. The highest BCUT2D eigenvalue weighted by Gasteiger charge is 2.31. The fourth-order valence-corrected chi connectivity index (χ4v) is 2.61. The van der Waals surface area contributed by atoms with Crippen molar-refractivity contribution in [1.29, 1.82) is 0 Å². The van der Waals surface area contributed by atoms with Gasteiger partial charge in [0.05, 0.1) is 0 Å². The summed E-state index contributed by atoms with van der Waals surface area (Å²) in [5, 5.41) is 2.98. The van der Waals surface area contributed by atoms with Gasteiger partial charge in [-0.3, -0.25) is 4.79 Å². The lowest BCUT2D eigenvalue weighted by Gasteiger charge is -2.31. The van der Waals surface area contributed by atoms with Crippen LogP contribution in [0.25, 0.3) is 0 Å². The second-order valence-electron chi connectivity index (χ2n) is 6.79. The Labute approximate surface area is 160 Å². The number of nitrogens with zero attached hydrogens (tertiary/aromatic N) is 1. The quantitative estimate of drug-likeness (QED) is 0.731. The van der Waals surface area contributed by atoms with Gasteiger partial charge in [-0.1, -0.05) is 41.9 Å². The Hall–Kier alpha value is -0.330. The summed E-state index contributed by atoms with van der Waals surface area (Å²) in [5.74, 6) is -0.156. The Bertz CT molecular complexity index is 491. The van der Waals surface area contributed by atoms with Crippen LogP contribution in [0.4, 0.5) is 0 Å². The van der Waals surface area contributed by atoms with E-state index in [0.29, 0.717) is 6.54 Å². The summed E-state index contributed by atoms with van der Waals surface area (Å²) in [4.78, 5) is 14.5. The van der Waals surface area contributed by atoms with Crippen LogP contribution in [-0.2, 0) is 10.3 Å². The Kier molecular flexibility index (Phi) is 10.7. The monoisotopic (exact) mass is 427 g/mol. The van der Waals surface area contributed by atoms with E-state index in [9.17, 15) is 4.79 Å². The Balaban J connectivity index is 0. The molecule has 1 atom stereocenters. The smallest absolute Gasteiger partial charge is 0.244 e. The minimum absolute atomic E-state index is 0. The zero-order valence-electron chi connectivity index (χ0n) is 14.4. The molecule has 0 aliphatic heterocycles. The normalized spacial score (nSPS) is 13.6. The SMILES string of the molecule is CN(C)CC(C)(C)CNC(=O)C(C)(N)c1ccc(Br)cc1.Cl.Cl. The maximum absolute atomic E-state index is 12.4. The van der Waals surface area contributed by atoms with Gasteiger partial charge in [0.2, 0.25) is 5.91 Å². The first kappa shape index (κ1) is 24.9. The second kappa shape index (κ2) is 9.84. The molecule has 0 heterocycles. The molecule has 0 saturated heterocycles. The fraction of sp³-hybridized carbons (Fsp3) is 0.562. The predicted molar refractivity (Wildman–Crippen MR) is 106 cm³/mol. The Morgan fingerprint density at radius 1 is 1.17 bits per heavy atom. The minimum Gasteiger partial charge on any atom is -0.354 e. The molecule has 1 aromatic carbocycles. The summed E-state index contributed by atoms with van der Waals surface area (Å²) in [6.45, 7) is 7.48. The van der Waals surface area contributed by atoms with Crippen LogP contribution in [-0.4, -0.2) is 38.0 Å². The van der Waals surface area contributed by atoms with E-state index in [1.54, 1.807) is 6.92 Å². The molecule has 0 saturated carbocycles. The summed E-state index contributed by atoms with van der Waals surface area (Å²) < 4.78 is 0.967. The molecule has 4 nitrogen and oxygen atoms in total. The topological polar surface area (TPSA) is 58.4 Å². The lowest BCUT2D eigenvalue weighted by atomic mass is 9.90. The van der Waals surface area contributed by atoms with Crippen molar-refractivity contribution in [2.24, 2.45) is 11.1 Å². The molecule has 1 amide bonds. The Morgan fingerprint density at radius 2 is 1.65 bits per heavy atom. The third-order valence-electron chi connectivity index (χ3n) is 3.39. The first-order valence-corrected chi connectivity index (χ1v) is 7.82. The molecule has 0 aliphatic rings. The average Bonchev–Trinajstić information content (AvgIpc) is 2.35. The molecule has 0 spiro atoms. The van der Waals surface area contributed by atoms with Gasteiger partial charge < -0.3 is 16.0 Å². The standard InChI is InChI=1S/C16H26BrN3O.2ClH/c1-15(2,11-20(4)5)10-19-14(21)16(3,18)12-6-8-13(17)9-7-12;;/h6-9H,10-11,18H2,1-5H3,(H,19,21);2*1H. The highest BCUT2D eigenvalue weighted by Crippen LogP contribution is 2.21. The average molecular weight is 429 g/mol. The van der Waals surface area contributed by atoms with Gasteiger partial charge in [0, 0.05) is 17.6 Å². The summed E-state index contributed by atoms with van der Waals surface area (Å²) in [7, 11) is 4.05. The molecule has 7 heteroatoms. The predicted octanol–water partition coefficient (Wildman–Crippen LogP) is 3.17. The lowest BCUT2D eigenvalue weighted by Crippen LogP contribution is -2.51. The van der Waals surface area contributed by atoms with E-state index in [1.165, 1.54) is 0 Å². The number of carbonyl (C=O) groups excluding carboxylic acids is 1. The van der Waals surface area contributed by atoms with E-state index in [-0.39, 0.29) is 36.1 Å². The summed E-state index contributed by atoms with van der Waals surface area (Å²) in [6.07, 6.45) is 0. The van der Waals surface area contributed by atoms with E-state index in [1.807, 2.05) is 38.4 Å². The van der Waals surface area contributed by atoms with E-state index >= 15 is 0 Å². The number of hydrogen-bond acceptors (Lipinski definition) is 3. The van der Waals surface area contributed by atoms with Crippen LogP contribution in [0.3, 0.4) is 0 Å². The summed E-state index contributed by atoms with van der Waals surface area (Å²) in [6, 6.07) is 7.52. The number of carbonyl (C=O) groups is 1. The van der Waals surface area contributed by atoms with Gasteiger partial charge in [0.1, 0.15) is 5.54 Å². The van der Waals surface area contributed by atoms with E-state index in [0.717, 1.165) is 16.6 Å². The van der Waals surface area contributed by atoms with Gasteiger partial charge in [0.25, 0.3) is 0 Å². The van der Waals surface area contributed by atoms with Crippen molar-refractivity contribution >= 4 is 46.7 Å². The van der Waals surface area contributed by atoms with Gasteiger partial charge in [0.15, 0.2) is 0 Å². The molecule has 1 aromatic rings. The van der Waals surface area contributed by atoms with Crippen LogP contribution >= 0.6 is 40.7 Å². The second-order valence-corrected chi connectivity index (χ2v) is 7.71. The molecule has 0 fully saturated rings. The molecular weight excluding hydrogens is 401 g/mol. The number of amides is 1. The summed E-state index contributed by atoms with van der Waals surface area (Å²) >= 11 is 3.38. The first-order valence-electron chi connectivity index (χ1n) is 7.02. The zero-order chi connectivity index (χ0) is 16.3. The molecule has 134 valence electrons. The molecule has 3 N–H and O–H groups in total. The molecule has 0 bridgehead atoms. The molecule has 1 rings (SSSR count). The van der Waals surface area contributed by atoms with Crippen LogP contribution in [0.15, 0.2) is 28.7 Å². The third-order valence-corrected chi connectivity index (χ3v) is 3.92.